The molecule has 0 spiro atoms. The van der Waals surface area contributed by atoms with Crippen molar-refractivity contribution in [1.29, 1.82) is 0 Å². The molecule has 6 aromatic rings. The van der Waals surface area contributed by atoms with Gasteiger partial charge in [-0.05, 0) is 164 Å². The molecule has 0 unspecified atom stereocenters. The molecule has 274 valence electrons. The van der Waals surface area contributed by atoms with Gasteiger partial charge in [0, 0.05) is 0 Å². The molecule has 0 radical (unpaired) electrons. The van der Waals surface area contributed by atoms with Gasteiger partial charge in [0.25, 0.3) is 0 Å². The van der Waals surface area contributed by atoms with Crippen LogP contribution in [-0.4, -0.2) is 55.1 Å². The summed E-state index contributed by atoms with van der Waals surface area (Å²) in [4.78, 5) is 47.1. The molecule has 6 rings (SSSR count). The summed E-state index contributed by atoms with van der Waals surface area (Å²) in [7, 11) is 0. The van der Waals surface area contributed by atoms with Gasteiger partial charge in [-0.3, -0.25) is 0 Å². The van der Waals surface area contributed by atoms with Crippen molar-refractivity contribution < 1.29 is 19.1 Å². The average molecular weight is 705 g/mol. The van der Waals surface area contributed by atoms with Crippen LogP contribution in [0.1, 0.15) is 102 Å². The van der Waals surface area contributed by atoms with E-state index in [4.69, 9.17) is 9.47 Å². The Morgan fingerprint density at radius 1 is 0.327 bits per heavy atom. The SMILES string of the molecule is CCOC(=O)c1[nH]c(-c2[nH]c(-c3[nH]c(-c4[nH]c(-c5[nH]c(-c6[nH]c(C(=O)OCC)c(C)c6C)c(C)c5C)c(C)c4C)c(C)c3C)c(C)c2C)c(C)c1C. The van der Waals surface area contributed by atoms with Crippen LogP contribution in [0.2, 0.25) is 0 Å². The third-order valence-electron chi connectivity index (χ3n) is 11.6. The molecule has 0 saturated heterocycles. The molecule has 6 aromatic heterocycles. The van der Waals surface area contributed by atoms with Gasteiger partial charge in [0.1, 0.15) is 11.4 Å². The molecule has 6 N–H and O–H groups in total. The predicted octanol–water partition coefficient (Wildman–Crippen LogP) is 10.0. The minimum absolute atomic E-state index is 0.322. The quantitative estimate of drug-likeness (QED) is 0.0831. The molecule has 0 bridgehead atoms. The maximum absolute atomic E-state index is 12.7. The zero-order valence-electron chi connectivity index (χ0n) is 33.0. The summed E-state index contributed by atoms with van der Waals surface area (Å²) >= 11 is 0. The van der Waals surface area contributed by atoms with Gasteiger partial charge in [-0.25, -0.2) is 9.59 Å². The van der Waals surface area contributed by atoms with Crippen molar-refractivity contribution >= 4 is 11.9 Å². The first kappa shape index (κ1) is 36.4. The van der Waals surface area contributed by atoms with E-state index in [-0.39, 0.29) is 11.9 Å². The molecule has 0 aliphatic carbocycles. The second-order valence-electron chi connectivity index (χ2n) is 14.2. The van der Waals surface area contributed by atoms with Crippen molar-refractivity contribution in [2.24, 2.45) is 0 Å². The number of rotatable bonds is 9. The Bertz CT molecular complexity index is 2230. The first-order chi connectivity index (χ1) is 24.5. The number of aromatic nitrogens is 6. The van der Waals surface area contributed by atoms with Gasteiger partial charge < -0.3 is 39.4 Å². The fraction of sp³-hybridized carbons (Fsp3) is 0.381. The molecule has 0 atom stereocenters. The number of aromatic amines is 6. The van der Waals surface area contributed by atoms with Crippen LogP contribution in [0, 0.1) is 83.1 Å². The molecular formula is C42H52N6O4. The van der Waals surface area contributed by atoms with E-state index in [2.05, 4.69) is 85.3 Å². The highest BCUT2D eigenvalue weighted by Crippen LogP contribution is 2.42. The summed E-state index contributed by atoms with van der Waals surface area (Å²) < 4.78 is 10.6. The van der Waals surface area contributed by atoms with Crippen molar-refractivity contribution in [3.8, 4) is 56.9 Å². The second kappa shape index (κ2) is 13.3. The lowest BCUT2D eigenvalue weighted by Crippen LogP contribution is -2.06. The Balaban J connectivity index is 1.42. The van der Waals surface area contributed by atoms with Crippen molar-refractivity contribution in [1.82, 2.24) is 29.9 Å². The van der Waals surface area contributed by atoms with E-state index in [1.165, 1.54) is 11.1 Å². The molecule has 0 amide bonds. The van der Waals surface area contributed by atoms with Gasteiger partial charge in [0.15, 0.2) is 0 Å². The highest BCUT2D eigenvalue weighted by Gasteiger charge is 2.27. The summed E-state index contributed by atoms with van der Waals surface area (Å²) in [6.45, 7) is 29.4. The van der Waals surface area contributed by atoms with Gasteiger partial charge in [0.2, 0.25) is 0 Å². The molecule has 6 heterocycles. The number of carbonyl (C=O) groups is 2. The third-order valence-corrected chi connectivity index (χ3v) is 11.6. The smallest absolute Gasteiger partial charge is 0.355 e. The largest absolute Gasteiger partial charge is 0.461 e. The van der Waals surface area contributed by atoms with E-state index in [0.29, 0.717) is 24.6 Å². The third kappa shape index (κ3) is 5.47. The maximum Gasteiger partial charge on any atom is 0.355 e. The van der Waals surface area contributed by atoms with E-state index in [0.717, 1.165) is 113 Å². The molecule has 10 heteroatoms. The fourth-order valence-electron chi connectivity index (χ4n) is 7.44. The van der Waals surface area contributed by atoms with Crippen molar-refractivity contribution in [2.45, 2.75) is 96.9 Å². The molecule has 0 fully saturated rings. The van der Waals surface area contributed by atoms with Crippen LogP contribution >= 0.6 is 0 Å². The van der Waals surface area contributed by atoms with Gasteiger partial charge >= 0.3 is 11.9 Å². The molecule has 0 aliphatic heterocycles. The van der Waals surface area contributed by atoms with Crippen LogP contribution in [0.4, 0.5) is 0 Å². The lowest BCUT2D eigenvalue weighted by Gasteiger charge is -2.02. The van der Waals surface area contributed by atoms with Crippen LogP contribution in [0.25, 0.3) is 56.9 Å². The van der Waals surface area contributed by atoms with E-state index in [9.17, 15) is 9.59 Å². The molecule has 0 aromatic carbocycles. The van der Waals surface area contributed by atoms with Crippen LogP contribution in [0.5, 0.6) is 0 Å². The predicted molar refractivity (Wildman–Crippen MR) is 208 cm³/mol. The number of nitrogens with one attached hydrogen (secondary N) is 6. The lowest BCUT2D eigenvalue weighted by molar-refractivity contribution is 0.0510. The number of carbonyl (C=O) groups excluding carboxylic acids is 2. The summed E-state index contributed by atoms with van der Waals surface area (Å²) in [6.07, 6.45) is 0. The van der Waals surface area contributed by atoms with Crippen LogP contribution < -0.4 is 0 Å². The highest BCUT2D eigenvalue weighted by atomic mass is 16.5. The van der Waals surface area contributed by atoms with E-state index >= 15 is 0 Å². The summed E-state index contributed by atoms with van der Waals surface area (Å²) in [5, 5.41) is 0. The summed E-state index contributed by atoms with van der Waals surface area (Å²) in [6, 6.07) is 0. The zero-order valence-corrected chi connectivity index (χ0v) is 33.0. The number of ether oxygens (including phenoxy) is 2. The molecular weight excluding hydrogens is 653 g/mol. The van der Waals surface area contributed by atoms with Crippen molar-refractivity contribution in [3.63, 3.8) is 0 Å². The van der Waals surface area contributed by atoms with E-state index in [1.54, 1.807) is 0 Å². The maximum atomic E-state index is 12.7. The zero-order chi connectivity index (χ0) is 38.1. The van der Waals surface area contributed by atoms with Crippen molar-refractivity contribution in [2.75, 3.05) is 13.2 Å². The topological polar surface area (TPSA) is 147 Å². The molecule has 10 nitrogen and oxygen atoms in total. The van der Waals surface area contributed by atoms with Gasteiger partial charge in [-0.2, -0.15) is 0 Å². The van der Waals surface area contributed by atoms with Gasteiger partial charge in [0.05, 0.1) is 70.2 Å². The van der Waals surface area contributed by atoms with Crippen LogP contribution in [0.15, 0.2) is 0 Å². The standard InChI is InChI=1S/C42H52N6O4/c1-15-51-41(49)39-27(13)25(11)37(47-39)35-23(9)21(7)33(45-35)31-19(5)17(3)29(43-31)30-18(4)20(6)32(44-30)34-22(8)24(10)36(46-34)38-26(12)28(14)40(48-38)42(50)52-16-2/h43-48H,15-16H2,1-14H3. The Labute approximate surface area is 305 Å². The van der Waals surface area contributed by atoms with Crippen LogP contribution in [0.3, 0.4) is 0 Å². The summed E-state index contributed by atoms with van der Waals surface area (Å²) in [5.74, 6) is -0.684. The molecule has 0 saturated carbocycles. The highest BCUT2D eigenvalue weighted by molar-refractivity contribution is 5.93. The fourth-order valence-corrected chi connectivity index (χ4v) is 7.44. The Kier molecular flexibility index (Phi) is 9.32. The minimum Gasteiger partial charge on any atom is -0.461 e. The first-order valence-corrected chi connectivity index (χ1v) is 18.1. The molecule has 52 heavy (non-hydrogen) atoms. The summed E-state index contributed by atoms with van der Waals surface area (Å²) in [5.41, 5.74) is 23.9. The van der Waals surface area contributed by atoms with Gasteiger partial charge in [-0.1, -0.05) is 0 Å². The lowest BCUT2D eigenvalue weighted by atomic mass is 10.0. The number of esters is 2. The average Bonchev–Trinajstić information content (AvgIpc) is 3.90. The monoisotopic (exact) mass is 704 g/mol. The normalized spacial score (nSPS) is 11.6. The second-order valence-corrected chi connectivity index (χ2v) is 14.2. The Hall–Kier alpha value is -5.38. The molecule has 0 aliphatic rings. The van der Waals surface area contributed by atoms with Crippen LogP contribution in [-0.2, 0) is 9.47 Å². The van der Waals surface area contributed by atoms with E-state index < -0.39 is 0 Å². The number of hydrogen-bond acceptors (Lipinski definition) is 4. The number of hydrogen-bond donors (Lipinski definition) is 6. The van der Waals surface area contributed by atoms with E-state index in [1.807, 2.05) is 41.5 Å². The Morgan fingerprint density at radius 2 is 0.500 bits per heavy atom. The minimum atomic E-state index is -0.342. The number of H-pyrrole nitrogens is 6. The van der Waals surface area contributed by atoms with Crippen molar-refractivity contribution in [3.05, 3.63) is 78.1 Å². The Morgan fingerprint density at radius 3 is 0.692 bits per heavy atom. The van der Waals surface area contributed by atoms with Gasteiger partial charge in [-0.15, -0.1) is 0 Å². The first-order valence-electron chi connectivity index (χ1n) is 18.1.